The summed E-state index contributed by atoms with van der Waals surface area (Å²) >= 11 is 1.38. The molecule has 0 aliphatic rings. The van der Waals surface area contributed by atoms with E-state index in [2.05, 4.69) is 0 Å². The van der Waals surface area contributed by atoms with Crippen LogP contribution in [-0.2, 0) is 5.75 Å². The molecule has 2 N–H and O–H groups in total. The molecule has 0 saturated heterocycles. The Morgan fingerprint density at radius 3 is 2.81 bits per heavy atom. The van der Waals surface area contributed by atoms with E-state index >= 15 is 0 Å². The van der Waals surface area contributed by atoms with Crippen LogP contribution in [0.3, 0.4) is 0 Å². The first-order chi connectivity index (χ1) is 7.67. The first-order valence-electron chi connectivity index (χ1n) is 4.86. The number of halogens is 1. The fourth-order valence-electron chi connectivity index (χ4n) is 1.13. The van der Waals surface area contributed by atoms with Crippen LogP contribution in [0.1, 0.15) is 5.56 Å². The number of aliphatic hydroxyl groups is 2. The van der Waals surface area contributed by atoms with Crippen LogP contribution in [0.5, 0.6) is 5.75 Å². The third kappa shape index (κ3) is 4.00. The lowest BCUT2D eigenvalue weighted by atomic mass is 10.2. The summed E-state index contributed by atoms with van der Waals surface area (Å²) in [5.41, 5.74) is 0.566. The molecule has 0 heterocycles. The van der Waals surface area contributed by atoms with Crippen LogP contribution < -0.4 is 4.74 Å². The van der Waals surface area contributed by atoms with Crippen molar-refractivity contribution < 1.29 is 19.3 Å². The minimum absolute atomic E-state index is 0.266. The first-order valence-corrected chi connectivity index (χ1v) is 6.02. The summed E-state index contributed by atoms with van der Waals surface area (Å²) in [5.74, 6) is 1.03. The third-order valence-electron chi connectivity index (χ3n) is 2.04. The molecule has 0 spiro atoms. The largest absolute Gasteiger partial charge is 0.497 e. The van der Waals surface area contributed by atoms with Crippen molar-refractivity contribution in [1.29, 1.82) is 0 Å². The van der Waals surface area contributed by atoms with Crippen molar-refractivity contribution in [2.75, 3.05) is 19.5 Å². The van der Waals surface area contributed by atoms with Crippen molar-refractivity contribution in [1.82, 2.24) is 0 Å². The van der Waals surface area contributed by atoms with E-state index < -0.39 is 6.10 Å². The number of rotatable bonds is 6. The first kappa shape index (κ1) is 13.3. The van der Waals surface area contributed by atoms with E-state index in [0.717, 1.165) is 0 Å². The van der Waals surface area contributed by atoms with Gasteiger partial charge in [-0.2, -0.15) is 11.8 Å². The smallest absolute Gasteiger partial charge is 0.130 e. The highest BCUT2D eigenvalue weighted by Crippen LogP contribution is 2.20. The topological polar surface area (TPSA) is 49.7 Å². The van der Waals surface area contributed by atoms with Gasteiger partial charge in [-0.15, -0.1) is 0 Å². The van der Waals surface area contributed by atoms with E-state index in [9.17, 15) is 4.39 Å². The maximum atomic E-state index is 13.4. The minimum Gasteiger partial charge on any atom is -0.497 e. The third-order valence-corrected chi connectivity index (χ3v) is 3.17. The Balaban J connectivity index is 2.48. The van der Waals surface area contributed by atoms with E-state index in [1.165, 1.54) is 24.9 Å². The SMILES string of the molecule is COc1ccc(CSCC(O)CO)c(F)c1. The average Bonchev–Trinajstić information content (AvgIpc) is 2.30. The van der Waals surface area contributed by atoms with Gasteiger partial charge in [-0.1, -0.05) is 6.07 Å². The molecule has 1 atom stereocenters. The van der Waals surface area contributed by atoms with Gasteiger partial charge in [-0.05, 0) is 11.6 Å². The van der Waals surface area contributed by atoms with Crippen LogP contribution in [0.2, 0.25) is 0 Å². The molecule has 0 aliphatic heterocycles. The van der Waals surface area contributed by atoms with Gasteiger partial charge in [0.1, 0.15) is 11.6 Å². The Morgan fingerprint density at radius 1 is 1.50 bits per heavy atom. The molecule has 0 bridgehead atoms. The Morgan fingerprint density at radius 2 is 2.25 bits per heavy atom. The highest BCUT2D eigenvalue weighted by Gasteiger charge is 2.06. The predicted molar refractivity (Wildman–Crippen MR) is 62.2 cm³/mol. The van der Waals surface area contributed by atoms with Crippen LogP contribution in [0, 0.1) is 5.82 Å². The zero-order valence-corrected chi connectivity index (χ0v) is 9.84. The molecule has 0 fully saturated rings. The number of benzene rings is 1. The van der Waals surface area contributed by atoms with Gasteiger partial charge in [0, 0.05) is 17.6 Å². The fraction of sp³-hybridized carbons (Fsp3) is 0.455. The molecule has 1 aromatic carbocycles. The molecule has 0 amide bonds. The van der Waals surface area contributed by atoms with Crippen molar-refractivity contribution >= 4 is 11.8 Å². The molecule has 3 nitrogen and oxygen atoms in total. The molecule has 0 aromatic heterocycles. The van der Waals surface area contributed by atoms with Gasteiger partial charge in [0.2, 0.25) is 0 Å². The van der Waals surface area contributed by atoms with E-state index in [0.29, 0.717) is 22.8 Å². The predicted octanol–water partition coefficient (Wildman–Crippen LogP) is 1.42. The standard InChI is InChI=1S/C11H15FO3S/c1-15-10-3-2-8(11(12)4-10)6-16-7-9(14)5-13/h2-4,9,13-14H,5-7H2,1H3. The highest BCUT2D eigenvalue weighted by atomic mass is 32.2. The van der Waals surface area contributed by atoms with Gasteiger partial charge >= 0.3 is 0 Å². The number of thioether (sulfide) groups is 1. The van der Waals surface area contributed by atoms with Crippen LogP contribution in [-0.4, -0.2) is 35.8 Å². The molecule has 5 heteroatoms. The Labute approximate surface area is 98.2 Å². The summed E-state index contributed by atoms with van der Waals surface area (Å²) in [4.78, 5) is 0. The van der Waals surface area contributed by atoms with Crippen molar-refractivity contribution in [2.24, 2.45) is 0 Å². The zero-order chi connectivity index (χ0) is 12.0. The Kier molecular flexibility index (Phi) is 5.59. The number of methoxy groups -OCH3 is 1. The molecule has 0 radical (unpaired) electrons. The van der Waals surface area contributed by atoms with E-state index in [-0.39, 0.29) is 12.4 Å². The number of ether oxygens (including phenoxy) is 1. The van der Waals surface area contributed by atoms with Gasteiger partial charge in [0.05, 0.1) is 19.8 Å². The van der Waals surface area contributed by atoms with Gasteiger partial charge < -0.3 is 14.9 Å². The molecule has 0 aliphatic carbocycles. The molecular weight excluding hydrogens is 231 g/mol. The summed E-state index contributed by atoms with van der Waals surface area (Å²) in [7, 11) is 1.49. The Hall–Kier alpha value is -0.780. The maximum Gasteiger partial charge on any atom is 0.130 e. The van der Waals surface area contributed by atoms with Crippen molar-refractivity contribution in [2.45, 2.75) is 11.9 Å². The lowest BCUT2D eigenvalue weighted by Crippen LogP contribution is -2.14. The second-order valence-corrected chi connectivity index (χ2v) is 4.34. The van der Waals surface area contributed by atoms with E-state index in [4.69, 9.17) is 14.9 Å². The van der Waals surface area contributed by atoms with Crippen LogP contribution in [0.15, 0.2) is 18.2 Å². The molecule has 1 aromatic rings. The van der Waals surface area contributed by atoms with Crippen LogP contribution >= 0.6 is 11.8 Å². The van der Waals surface area contributed by atoms with Gasteiger partial charge in [-0.25, -0.2) is 4.39 Å². The number of hydrogen-bond donors (Lipinski definition) is 2. The van der Waals surface area contributed by atoms with Gasteiger partial charge in [0.25, 0.3) is 0 Å². The van der Waals surface area contributed by atoms with E-state index in [1.807, 2.05) is 0 Å². The quantitative estimate of drug-likeness (QED) is 0.797. The second kappa shape index (κ2) is 6.73. The van der Waals surface area contributed by atoms with Crippen molar-refractivity contribution in [3.05, 3.63) is 29.6 Å². The Bertz CT molecular complexity index is 333. The zero-order valence-electron chi connectivity index (χ0n) is 9.02. The molecule has 0 saturated carbocycles. The molecule has 1 rings (SSSR count). The molecule has 90 valence electrons. The summed E-state index contributed by atoms with van der Waals surface area (Å²) in [6.45, 7) is -0.266. The fourth-order valence-corrected chi connectivity index (χ4v) is 2.08. The normalized spacial score (nSPS) is 12.5. The highest BCUT2D eigenvalue weighted by molar-refractivity contribution is 7.98. The summed E-state index contributed by atoms with van der Waals surface area (Å²) < 4.78 is 18.3. The second-order valence-electron chi connectivity index (χ2n) is 3.31. The maximum absolute atomic E-state index is 13.4. The lowest BCUT2D eigenvalue weighted by Gasteiger charge is -2.08. The summed E-state index contributed by atoms with van der Waals surface area (Å²) in [5, 5.41) is 17.7. The van der Waals surface area contributed by atoms with Crippen LogP contribution in [0.4, 0.5) is 4.39 Å². The van der Waals surface area contributed by atoms with Crippen molar-refractivity contribution in [3.8, 4) is 5.75 Å². The van der Waals surface area contributed by atoms with E-state index in [1.54, 1.807) is 12.1 Å². The molecule has 16 heavy (non-hydrogen) atoms. The van der Waals surface area contributed by atoms with Gasteiger partial charge in [-0.3, -0.25) is 0 Å². The summed E-state index contributed by atoms with van der Waals surface area (Å²) in [6, 6.07) is 4.69. The monoisotopic (exact) mass is 246 g/mol. The molecular formula is C11H15FO3S. The minimum atomic E-state index is -0.744. The number of aliphatic hydroxyl groups excluding tert-OH is 2. The summed E-state index contributed by atoms with van der Waals surface area (Å²) in [6.07, 6.45) is -0.744. The lowest BCUT2D eigenvalue weighted by molar-refractivity contribution is 0.113. The van der Waals surface area contributed by atoms with Crippen molar-refractivity contribution in [3.63, 3.8) is 0 Å². The average molecular weight is 246 g/mol. The van der Waals surface area contributed by atoms with Gasteiger partial charge in [0.15, 0.2) is 0 Å². The van der Waals surface area contributed by atoms with Crippen LogP contribution in [0.25, 0.3) is 0 Å². The number of hydrogen-bond acceptors (Lipinski definition) is 4. The molecule has 1 unspecified atom stereocenters.